The highest BCUT2D eigenvalue weighted by Crippen LogP contribution is 2.14. The van der Waals surface area contributed by atoms with Gasteiger partial charge in [-0.3, -0.25) is 4.98 Å². The Hall–Kier alpha value is -1.65. The molecule has 0 aromatic carbocycles. The van der Waals surface area contributed by atoms with E-state index in [0.717, 1.165) is 13.3 Å². The maximum Gasteiger partial charge on any atom is 0.343 e. The summed E-state index contributed by atoms with van der Waals surface area (Å²) >= 11 is 0. The van der Waals surface area contributed by atoms with Gasteiger partial charge < -0.3 is 10.5 Å². The number of methoxy groups -OCH3 is 1. The predicted molar refractivity (Wildman–Crippen MR) is 39.9 cm³/mol. The smallest absolute Gasteiger partial charge is 0.343 e. The van der Waals surface area contributed by atoms with Crippen molar-refractivity contribution < 1.29 is 13.9 Å². The normalized spacial score (nSPS) is 9.50. The number of carbonyl (C=O) groups is 1. The summed E-state index contributed by atoms with van der Waals surface area (Å²) < 4.78 is 17.2. The first-order chi connectivity index (χ1) is 5.66. The highest BCUT2D eigenvalue weighted by atomic mass is 19.1. The molecule has 1 aromatic heterocycles. The average molecular weight is 170 g/mol. The number of anilines is 1. The number of aromatic nitrogens is 1. The topological polar surface area (TPSA) is 65.2 Å². The van der Waals surface area contributed by atoms with Gasteiger partial charge in [-0.15, -0.1) is 0 Å². The molecule has 0 saturated heterocycles. The van der Waals surface area contributed by atoms with Gasteiger partial charge in [-0.05, 0) is 0 Å². The van der Waals surface area contributed by atoms with Crippen LogP contribution >= 0.6 is 0 Å². The molecule has 1 aromatic rings. The maximum atomic E-state index is 12.8. The third-order valence-electron chi connectivity index (χ3n) is 1.32. The Balaban J connectivity index is 3.21. The van der Waals surface area contributed by atoms with Crippen LogP contribution in [0.5, 0.6) is 0 Å². The minimum Gasteiger partial charge on any atom is -0.465 e. The summed E-state index contributed by atoms with van der Waals surface area (Å²) in [6.45, 7) is 0. The fourth-order valence-electron chi connectivity index (χ4n) is 0.767. The Labute approximate surface area is 68.2 Å². The predicted octanol–water partition coefficient (Wildman–Crippen LogP) is 0.590. The van der Waals surface area contributed by atoms with E-state index in [9.17, 15) is 9.18 Å². The van der Waals surface area contributed by atoms with Crippen molar-refractivity contribution >= 4 is 11.7 Å². The Morgan fingerprint density at radius 2 is 2.33 bits per heavy atom. The summed E-state index contributed by atoms with van der Waals surface area (Å²) in [4.78, 5) is 14.3. The number of nitrogens with two attached hydrogens (primary N) is 1. The molecule has 0 fully saturated rings. The van der Waals surface area contributed by atoms with E-state index >= 15 is 0 Å². The van der Waals surface area contributed by atoms with E-state index in [0.29, 0.717) is 0 Å². The van der Waals surface area contributed by atoms with Crippen LogP contribution in [-0.2, 0) is 4.74 Å². The second-order valence-corrected chi connectivity index (χ2v) is 2.08. The zero-order chi connectivity index (χ0) is 9.14. The molecule has 0 aliphatic carbocycles. The number of nitrogens with zero attached hydrogens (tertiary/aromatic N) is 1. The number of hydrogen-bond donors (Lipinski definition) is 1. The molecule has 0 aliphatic rings. The lowest BCUT2D eigenvalue weighted by Gasteiger charge is -2.02. The molecule has 1 heterocycles. The highest BCUT2D eigenvalue weighted by molar-refractivity contribution is 5.94. The van der Waals surface area contributed by atoms with E-state index < -0.39 is 11.8 Å². The van der Waals surface area contributed by atoms with Crippen LogP contribution in [0.3, 0.4) is 0 Å². The van der Waals surface area contributed by atoms with Gasteiger partial charge in [0.1, 0.15) is 5.56 Å². The number of esters is 1. The lowest BCUT2D eigenvalue weighted by atomic mass is 10.2. The van der Waals surface area contributed by atoms with Gasteiger partial charge in [0.05, 0.1) is 25.2 Å². The van der Waals surface area contributed by atoms with Crippen LogP contribution in [0, 0.1) is 5.82 Å². The zero-order valence-electron chi connectivity index (χ0n) is 6.37. The molecule has 2 N–H and O–H groups in total. The maximum absolute atomic E-state index is 12.8. The van der Waals surface area contributed by atoms with E-state index in [1.165, 1.54) is 6.20 Å². The van der Waals surface area contributed by atoms with Crippen LogP contribution < -0.4 is 5.73 Å². The molecule has 0 saturated carbocycles. The highest BCUT2D eigenvalue weighted by Gasteiger charge is 2.15. The number of hydrogen-bond acceptors (Lipinski definition) is 4. The Morgan fingerprint density at radius 3 is 2.83 bits per heavy atom. The SMILES string of the molecule is COC(=O)c1c(N)cncc1F. The first kappa shape index (κ1) is 8.45. The molecule has 0 aliphatic heterocycles. The van der Waals surface area contributed by atoms with Gasteiger partial charge in [0.15, 0.2) is 5.82 Å². The van der Waals surface area contributed by atoms with Crippen molar-refractivity contribution in [1.29, 1.82) is 0 Å². The van der Waals surface area contributed by atoms with E-state index in [-0.39, 0.29) is 11.3 Å². The molecule has 0 atom stereocenters. The summed E-state index contributed by atoms with van der Waals surface area (Å²) in [7, 11) is 1.15. The number of ether oxygens (including phenoxy) is 1. The largest absolute Gasteiger partial charge is 0.465 e. The fourth-order valence-corrected chi connectivity index (χ4v) is 0.767. The Kier molecular flexibility index (Phi) is 2.23. The van der Waals surface area contributed by atoms with Crippen LogP contribution in [-0.4, -0.2) is 18.1 Å². The van der Waals surface area contributed by atoms with E-state index in [1.54, 1.807) is 0 Å². The molecule has 0 spiro atoms. The number of halogens is 1. The molecule has 4 nitrogen and oxygen atoms in total. The monoisotopic (exact) mass is 170 g/mol. The number of rotatable bonds is 1. The van der Waals surface area contributed by atoms with Gasteiger partial charge in [-0.1, -0.05) is 0 Å². The lowest BCUT2D eigenvalue weighted by Crippen LogP contribution is -2.08. The third kappa shape index (κ3) is 1.34. The van der Waals surface area contributed by atoms with Crippen molar-refractivity contribution in [2.45, 2.75) is 0 Å². The quantitative estimate of drug-likeness (QED) is 0.626. The summed E-state index contributed by atoms with van der Waals surface area (Å²) in [6.07, 6.45) is 2.10. The van der Waals surface area contributed by atoms with E-state index in [1.807, 2.05) is 0 Å². The lowest BCUT2D eigenvalue weighted by molar-refractivity contribution is 0.0596. The van der Waals surface area contributed by atoms with Crippen LogP contribution in [0.15, 0.2) is 12.4 Å². The van der Waals surface area contributed by atoms with E-state index in [4.69, 9.17) is 5.73 Å². The van der Waals surface area contributed by atoms with Crippen molar-refractivity contribution in [1.82, 2.24) is 4.98 Å². The molecule has 1 rings (SSSR count). The van der Waals surface area contributed by atoms with Gasteiger partial charge in [-0.25, -0.2) is 9.18 Å². The van der Waals surface area contributed by atoms with Gasteiger partial charge >= 0.3 is 5.97 Å². The molecule has 64 valence electrons. The van der Waals surface area contributed by atoms with Crippen LogP contribution in [0.1, 0.15) is 10.4 Å². The molecular formula is C7H7FN2O2. The summed E-state index contributed by atoms with van der Waals surface area (Å²) in [6, 6.07) is 0. The van der Waals surface area contributed by atoms with Crippen LogP contribution in [0.2, 0.25) is 0 Å². The van der Waals surface area contributed by atoms with Gasteiger partial charge in [0, 0.05) is 0 Å². The Morgan fingerprint density at radius 1 is 1.67 bits per heavy atom. The standard InChI is InChI=1S/C7H7FN2O2/c1-12-7(11)6-4(8)2-10-3-5(6)9/h2-3H,9H2,1H3. The molecule has 0 amide bonds. The number of carbonyl (C=O) groups excluding carboxylic acids is 1. The van der Waals surface area contributed by atoms with Gasteiger partial charge in [0.25, 0.3) is 0 Å². The summed E-state index contributed by atoms with van der Waals surface area (Å²) in [5.74, 6) is -1.57. The van der Waals surface area contributed by atoms with Crippen LogP contribution in [0.25, 0.3) is 0 Å². The summed E-state index contributed by atoms with van der Waals surface area (Å²) in [5.41, 5.74) is 5.00. The first-order valence-corrected chi connectivity index (χ1v) is 3.14. The van der Waals surface area contributed by atoms with Crippen molar-refractivity contribution in [2.24, 2.45) is 0 Å². The minimum absolute atomic E-state index is 0.0261. The number of nitrogen functional groups attached to an aromatic ring is 1. The second-order valence-electron chi connectivity index (χ2n) is 2.08. The van der Waals surface area contributed by atoms with Gasteiger partial charge in [0.2, 0.25) is 0 Å². The second kappa shape index (κ2) is 3.17. The van der Waals surface area contributed by atoms with Crippen LogP contribution in [0.4, 0.5) is 10.1 Å². The first-order valence-electron chi connectivity index (χ1n) is 3.14. The zero-order valence-corrected chi connectivity index (χ0v) is 6.37. The molecule has 5 heteroatoms. The molecule has 12 heavy (non-hydrogen) atoms. The number of pyridine rings is 1. The minimum atomic E-state index is -0.799. The summed E-state index contributed by atoms with van der Waals surface area (Å²) in [5, 5.41) is 0. The van der Waals surface area contributed by atoms with Crippen molar-refractivity contribution in [3.8, 4) is 0 Å². The Bertz CT molecular complexity index is 294. The average Bonchev–Trinajstić information content (AvgIpc) is 2.03. The van der Waals surface area contributed by atoms with Crippen molar-refractivity contribution in [3.63, 3.8) is 0 Å². The molecule has 0 unspecified atom stereocenters. The van der Waals surface area contributed by atoms with Crippen molar-refractivity contribution in [2.75, 3.05) is 12.8 Å². The molecular weight excluding hydrogens is 163 g/mol. The van der Waals surface area contributed by atoms with E-state index in [2.05, 4.69) is 9.72 Å². The molecule has 0 bridgehead atoms. The fraction of sp³-hybridized carbons (Fsp3) is 0.143. The third-order valence-corrected chi connectivity index (χ3v) is 1.32. The van der Waals surface area contributed by atoms with Gasteiger partial charge in [-0.2, -0.15) is 0 Å². The van der Waals surface area contributed by atoms with Crippen molar-refractivity contribution in [3.05, 3.63) is 23.8 Å². The molecule has 0 radical (unpaired) electrons.